The molecule has 0 radical (unpaired) electrons. The monoisotopic (exact) mass is 452 g/mol. The second kappa shape index (κ2) is 8.23. The van der Waals surface area contributed by atoms with Gasteiger partial charge < -0.3 is 5.11 Å². The minimum Gasteiger partial charge on any atom is -0.493 e. The van der Waals surface area contributed by atoms with Gasteiger partial charge in [0.2, 0.25) is 11.8 Å². The Kier molecular flexibility index (Phi) is 5.60. The van der Waals surface area contributed by atoms with Crippen LogP contribution in [0.2, 0.25) is 0 Å². The van der Waals surface area contributed by atoms with Crippen molar-refractivity contribution in [1.29, 1.82) is 0 Å². The highest BCUT2D eigenvalue weighted by molar-refractivity contribution is 7.10. The largest absolute Gasteiger partial charge is 0.493 e. The first-order valence-corrected chi connectivity index (χ1v) is 11.2. The average Bonchev–Trinajstić information content (AvgIpc) is 3.32. The lowest BCUT2D eigenvalue weighted by Crippen LogP contribution is -2.33. The highest BCUT2D eigenvalue weighted by Crippen LogP contribution is 2.38. The van der Waals surface area contributed by atoms with Crippen LogP contribution >= 0.6 is 11.3 Å². The Balaban J connectivity index is 1.88. The third kappa shape index (κ3) is 3.69. The number of aromatic amines is 1. The molecule has 1 aliphatic heterocycles. The molecular weight excluding hydrogens is 428 g/mol. The summed E-state index contributed by atoms with van der Waals surface area (Å²) in [5.41, 5.74) is 1.97. The number of nitrogens with zero attached hydrogens (tertiary/aromatic N) is 3. The van der Waals surface area contributed by atoms with Crippen molar-refractivity contribution in [1.82, 2.24) is 14.6 Å². The summed E-state index contributed by atoms with van der Waals surface area (Å²) in [6, 6.07) is 7.05. The number of amides is 1. The summed E-state index contributed by atoms with van der Waals surface area (Å²) in [4.78, 5) is 41.3. The smallest absolute Gasteiger partial charge is 0.335 e. The van der Waals surface area contributed by atoms with E-state index in [1.54, 1.807) is 19.1 Å². The second-order valence-electron chi connectivity index (χ2n) is 7.97. The third-order valence-electron chi connectivity index (χ3n) is 5.51. The number of benzene rings is 1. The van der Waals surface area contributed by atoms with E-state index in [0.717, 1.165) is 26.1 Å². The Hall–Kier alpha value is -3.46. The fourth-order valence-electron chi connectivity index (χ4n) is 4.09. The number of nitrogens with one attached hydrogen (secondary N) is 1. The molecule has 166 valence electrons. The average molecular weight is 453 g/mol. The predicted octanol–water partition coefficient (Wildman–Crippen LogP) is 3.31. The molecule has 1 amide bonds. The lowest BCUT2D eigenvalue weighted by Gasteiger charge is -2.20. The molecule has 3 heterocycles. The molecule has 1 aromatic carbocycles. The summed E-state index contributed by atoms with van der Waals surface area (Å²) < 4.78 is 1.06. The number of hydrazone groups is 1. The van der Waals surface area contributed by atoms with E-state index < -0.39 is 17.1 Å². The van der Waals surface area contributed by atoms with Crippen LogP contribution in [-0.4, -0.2) is 31.3 Å². The number of carbonyl (C=O) groups excluding carboxylic acids is 1. The zero-order valence-electron chi connectivity index (χ0n) is 18.3. The summed E-state index contributed by atoms with van der Waals surface area (Å²) in [6.45, 7) is 7.48. The minimum atomic E-state index is -0.744. The quantitative estimate of drug-likeness (QED) is 0.633. The van der Waals surface area contributed by atoms with Crippen molar-refractivity contribution in [3.63, 3.8) is 0 Å². The SMILES string of the molecule is CCC(=O)N1N=C(c2c(O)n(-c3cc(C)cc(C)c3)c(=O)[nH]c2=O)C[C@@H]1c1sccc1C. The van der Waals surface area contributed by atoms with Gasteiger partial charge in [-0.2, -0.15) is 5.10 Å². The van der Waals surface area contributed by atoms with Gasteiger partial charge in [-0.3, -0.25) is 14.6 Å². The van der Waals surface area contributed by atoms with Gasteiger partial charge >= 0.3 is 5.69 Å². The van der Waals surface area contributed by atoms with Gasteiger partial charge in [0.1, 0.15) is 5.56 Å². The van der Waals surface area contributed by atoms with Gasteiger partial charge in [0.25, 0.3) is 5.56 Å². The lowest BCUT2D eigenvalue weighted by atomic mass is 10.0. The molecule has 4 rings (SSSR count). The van der Waals surface area contributed by atoms with Gasteiger partial charge in [-0.1, -0.05) is 13.0 Å². The zero-order valence-corrected chi connectivity index (χ0v) is 19.1. The summed E-state index contributed by atoms with van der Waals surface area (Å²) in [5, 5.41) is 18.8. The van der Waals surface area contributed by atoms with E-state index in [1.165, 1.54) is 16.3 Å². The number of aryl methyl sites for hydroxylation is 3. The van der Waals surface area contributed by atoms with E-state index in [0.29, 0.717) is 5.69 Å². The molecule has 0 unspecified atom stereocenters. The van der Waals surface area contributed by atoms with Gasteiger partial charge in [-0.25, -0.2) is 14.4 Å². The predicted molar refractivity (Wildman–Crippen MR) is 124 cm³/mol. The number of H-pyrrole nitrogens is 1. The summed E-state index contributed by atoms with van der Waals surface area (Å²) in [6.07, 6.45) is 0.511. The molecule has 0 spiro atoms. The first-order valence-electron chi connectivity index (χ1n) is 10.3. The van der Waals surface area contributed by atoms with Crippen LogP contribution in [-0.2, 0) is 4.79 Å². The van der Waals surface area contributed by atoms with E-state index in [1.807, 2.05) is 38.3 Å². The molecule has 0 bridgehead atoms. The molecule has 2 N–H and O–H groups in total. The highest BCUT2D eigenvalue weighted by Gasteiger charge is 2.36. The van der Waals surface area contributed by atoms with Crippen molar-refractivity contribution in [2.75, 3.05) is 0 Å². The molecule has 32 heavy (non-hydrogen) atoms. The molecule has 1 aliphatic rings. The normalized spacial score (nSPS) is 15.8. The van der Waals surface area contributed by atoms with Crippen LogP contribution in [0, 0.1) is 20.8 Å². The first-order chi connectivity index (χ1) is 15.2. The first kappa shape index (κ1) is 21.8. The van der Waals surface area contributed by atoms with E-state index in [4.69, 9.17) is 0 Å². The van der Waals surface area contributed by atoms with Crippen molar-refractivity contribution in [3.05, 3.63) is 77.6 Å². The Bertz CT molecular complexity index is 1340. The van der Waals surface area contributed by atoms with Crippen LogP contribution in [0.5, 0.6) is 5.88 Å². The zero-order chi connectivity index (χ0) is 23.2. The van der Waals surface area contributed by atoms with Crippen molar-refractivity contribution < 1.29 is 9.90 Å². The Morgan fingerprint density at radius 3 is 2.50 bits per heavy atom. The number of hydrogen-bond donors (Lipinski definition) is 2. The summed E-state index contributed by atoms with van der Waals surface area (Å²) >= 11 is 1.52. The van der Waals surface area contributed by atoms with Gasteiger partial charge in [-0.05, 0) is 61.0 Å². The molecule has 8 nitrogen and oxygen atoms in total. The topological polar surface area (TPSA) is 108 Å². The summed E-state index contributed by atoms with van der Waals surface area (Å²) in [5.74, 6) is -0.675. The third-order valence-corrected chi connectivity index (χ3v) is 6.63. The number of aromatic nitrogens is 2. The van der Waals surface area contributed by atoms with Gasteiger partial charge in [0.15, 0.2) is 0 Å². The number of thiophene rings is 1. The number of carbonyl (C=O) groups is 1. The molecule has 0 saturated carbocycles. The standard InChI is InChI=1S/C23H24N4O4S/c1-5-18(28)27-17(20-14(4)6-7-32-20)11-16(25-27)19-21(29)24-23(31)26(22(19)30)15-9-12(2)8-13(3)10-15/h6-10,17,30H,5,11H2,1-4H3,(H,24,29,31)/t17-/m1/s1. The Morgan fingerprint density at radius 1 is 1.22 bits per heavy atom. The molecule has 3 aromatic rings. The van der Waals surface area contributed by atoms with Crippen LogP contribution in [0.4, 0.5) is 0 Å². The van der Waals surface area contributed by atoms with Crippen LogP contribution in [0.1, 0.15) is 52.9 Å². The molecule has 0 fully saturated rings. The molecule has 1 atom stereocenters. The van der Waals surface area contributed by atoms with Crippen molar-refractivity contribution in [2.24, 2.45) is 5.10 Å². The highest BCUT2D eigenvalue weighted by atomic mass is 32.1. The Labute approximate surface area is 188 Å². The molecule has 9 heteroatoms. The van der Waals surface area contributed by atoms with Crippen LogP contribution in [0.25, 0.3) is 5.69 Å². The van der Waals surface area contributed by atoms with E-state index in [-0.39, 0.29) is 36.1 Å². The lowest BCUT2D eigenvalue weighted by molar-refractivity contribution is -0.132. The van der Waals surface area contributed by atoms with E-state index >= 15 is 0 Å². The fraction of sp³-hybridized carbons (Fsp3) is 0.304. The van der Waals surface area contributed by atoms with E-state index in [2.05, 4.69) is 10.1 Å². The number of aromatic hydroxyl groups is 1. The second-order valence-corrected chi connectivity index (χ2v) is 8.91. The maximum absolute atomic E-state index is 12.8. The van der Waals surface area contributed by atoms with Crippen LogP contribution in [0.3, 0.4) is 0 Å². The van der Waals surface area contributed by atoms with Gasteiger partial charge in [-0.15, -0.1) is 11.3 Å². The molecule has 0 saturated heterocycles. The van der Waals surface area contributed by atoms with Crippen LogP contribution in [0.15, 0.2) is 44.3 Å². The van der Waals surface area contributed by atoms with E-state index in [9.17, 15) is 19.5 Å². The van der Waals surface area contributed by atoms with Crippen molar-refractivity contribution in [2.45, 2.75) is 46.6 Å². The summed E-state index contributed by atoms with van der Waals surface area (Å²) in [7, 11) is 0. The van der Waals surface area contributed by atoms with Crippen molar-refractivity contribution >= 4 is 23.0 Å². The molecule has 2 aromatic heterocycles. The molecular formula is C23H24N4O4S. The number of rotatable bonds is 4. The Morgan fingerprint density at radius 2 is 1.91 bits per heavy atom. The maximum atomic E-state index is 12.8. The van der Waals surface area contributed by atoms with Gasteiger partial charge in [0, 0.05) is 17.7 Å². The fourth-order valence-corrected chi connectivity index (χ4v) is 5.10. The molecule has 0 aliphatic carbocycles. The van der Waals surface area contributed by atoms with Gasteiger partial charge in [0.05, 0.1) is 17.4 Å². The number of hydrogen-bond acceptors (Lipinski definition) is 6. The maximum Gasteiger partial charge on any atom is 0.335 e. The minimum absolute atomic E-state index is 0.102. The van der Waals surface area contributed by atoms with Crippen LogP contribution < -0.4 is 11.2 Å². The van der Waals surface area contributed by atoms with Crippen molar-refractivity contribution in [3.8, 4) is 11.6 Å².